The molecule has 1 aromatic carbocycles. The van der Waals surface area contributed by atoms with Crippen molar-refractivity contribution in [3.8, 4) is 10.6 Å². The molecular formula is C15H12BrN3OS. The molecule has 0 radical (unpaired) electrons. The Kier molecular flexibility index (Phi) is 3.73. The van der Waals surface area contributed by atoms with Gasteiger partial charge in [0, 0.05) is 30.1 Å². The third-order valence-corrected chi connectivity index (χ3v) is 4.50. The molecule has 1 aliphatic heterocycles. The molecule has 21 heavy (non-hydrogen) atoms. The molecule has 4 rings (SSSR count). The maximum Gasteiger partial charge on any atom is 0.224 e. The summed E-state index contributed by atoms with van der Waals surface area (Å²) in [5.41, 5.74) is 4.17. The average Bonchev–Trinajstić information content (AvgIpc) is 2.88. The minimum atomic E-state index is 0. The molecule has 1 N–H and O–H groups in total. The van der Waals surface area contributed by atoms with Gasteiger partial charge in [-0.25, -0.2) is 4.98 Å². The Labute approximate surface area is 136 Å². The Morgan fingerprint density at radius 3 is 2.76 bits per heavy atom. The van der Waals surface area contributed by atoms with Crippen molar-refractivity contribution in [2.45, 2.75) is 12.8 Å². The number of aryl methyl sites for hydroxylation is 1. The first-order valence-electron chi connectivity index (χ1n) is 6.43. The van der Waals surface area contributed by atoms with Crippen LogP contribution in [0.5, 0.6) is 0 Å². The molecule has 2 aromatic heterocycles. The average molecular weight is 362 g/mol. The zero-order valence-electron chi connectivity index (χ0n) is 11.0. The lowest BCUT2D eigenvalue weighted by Crippen LogP contribution is -2.18. The van der Waals surface area contributed by atoms with Crippen molar-refractivity contribution in [1.29, 1.82) is 0 Å². The quantitative estimate of drug-likeness (QED) is 0.716. The van der Waals surface area contributed by atoms with E-state index in [9.17, 15) is 4.79 Å². The highest BCUT2D eigenvalue weighted by Gasteiger charge is 2.17. The summed E-state index contributed by atoms with van der Waals surface area (Å²) in [7, 11) is 0. The van der Waals surface area contributed by atoms with Gasteiger partial charge >= 0.3 is 0 Å². The maximum absolute atomic E-state index is 11.5. The number of hydrogen-bond donors (Lipinski definition) is 1. The third kappa shape index (κ3) is 2.56. The van der Waals surface area contributed by atoms with Crippen LogP contribution in [0.4, 0.5) is 5.69 Å². The number of aromatic nitrogens is 2. The predicted molar refractivity (Wildman–Crippen MR) is 90.1 cm³/mol. The molecule has 1 amide bonds. The van der Waals surface area contributed by atoms with Crippen LogP contribution >= 0.6 is 28.3 Å². The lowest BCUT2D eigenvalue weighted by molar-refractivity contribution is -0.116. The highest BCUT2D eigenvalue weighted by atomic mass is 79.9. The first-order valence-corrected chi connectivity index (χ1v) is 7.25. The van der Waals surface area contributed by atoms with E-state index in [0.717, 1.165) is 32.9 Å². The lowest BCUT2D eigenvalue weighted by atomic mass is 10.0. The summed E-state index contributed by atoms with van der Waals surface area (Å²) in [4.78, 5) is 20.2. The van der Waals surface area contributed by atoms with Gasteiger partial charge in [-0.15, -0.1) is 28.3 Å². The number of anilines is 1. The van der Waals surface area contributed by atoms with Crippen LogP contribution in [0, 0.1) is 0 Å². The second-order valence-electron chi connectivity index (χ2n) is 4.78. The predicted octanol–water partition coefficient (Wildman–Crippen LogP) is 3.82. The Morgan fingerprint density at radius 2 is 1.95 bits per heavy atom. The number of pyridine rings is 1. The second kappa shape index (κ2) is 5.54. The summed E-state index contributed by atoms with van der Waals surface area (Å²) < 4.78 is 1.10. The molecule has 0 unspecified atom stereocenters. The number of rotatable bonds is 1. The number of hydrogen-bond acceptors (Lipinski definition) is 4. The van der Waals surface area contributed by atoms with Gasteiger partial charge in [0.2, 0.25) is 5.91 Å². The number of thiazole rings is 1. The third-order valence-electron chi connectivity index (χ3n) is 3.44. The monoisotopic (exact) mass is 361 g/mol. The Bertz CT molecular complexity index is 816. The summed E-state index contributed by atoms with van der Waals surface area (Å²) in [6.45, 7) is 0. The molecule has 0 atom stereocenters. The molecular weight excluding hydrogens is 350 g/mol. The number of amides is 1. The Balaban J connectivity index is 0.00000132. The van der Waals surface area contributed by atoms with E-state index in [-0.39, 0.29) is 22.9 Å². The molecule has 6 heteroatoms. The highest BCUT2D eigenvalue weighted by molar-refractivity contribution is 8.93. The molecule has 3 heterocycles. The van der Waals surface area contributed by atoms with Crippen LogP contribution in [-0.4, -0.2) is 15.9 Å². The van der Waals surface area contributed by atoms with Crippen LogP contribution < -0.4 is 5.32 Å². The largest absolute Gasteiger partial charge is 0.326 e. The van der Waals surface area contributed by atoms with Gasteiger partial charge in [0.25, 0.3) is 0 Å². The van der Waals surface area contributed by atoms with Gasteiger partial charge in [-0.1, -0.05) is 0 Å². The minimum absolute atomic E-state index is 0. The van der Waals surface area contributed by atoms with Gasteiger partial charge in [-0.05, 0) is 36.2 Å². The van der Waals surface area contributed by atoms with Gasteiger partial charge in [0.1, 0.15) is 5.01 Å². The van der Waals surface area contributed by atoms with Crippen LogP contribution in [0.2, 0.25) is 0 Å². The molecule has 0 saturated carbocycles. The lowest BCUT2D eigenvalue weighted by Gasteiger charge is -2.16. The number of nitrogens with zero attached hydrogens (tertiary/aromatic N) is 2. The number of benzene rings is 1. The fourth-order valence-electron chi connectivity index (χ4n) is 2.42. The molecule has 0 bridgehead atoms. The standard InChI is InChI=1S/C15H11N3OS.BrH/c19-14-2-1-10-7-12-13(8-11(10)17-14)20-15(18-12)9-3-5-16-6-4-9;/h3-8H,1-2H2,(H,17,19);1H. The number of halogens is 1. The highest BCUT2D eigenvalue weighted by Crippen LogP contribution is 2.34. The number of fused-ring (bicyclic) bond motifs is 2. The van der Waals surface area contributed by atoms with E-state index >= 15 is 0 Å². The second-order valence-corrected chi connectivity index (χ2v) is 5.81. The number of nitrogens with one attached hydrogen (secondary N) is 1. The molecule has 0 spiro atoms. The minimum Gasteiger partial charge on any atom is -0.326 e. The smallest absolute Gasteiger partial charge is 0.224 e. The first-order chi connectivity index (χ1) is 9.79. The van der Waals surface area contributed by atoms with E-state index in [1.807, 2.05) is 18.2 Å². The molecule has 0 fully saturated rings. The van der Waals surface area contributed by atoms with Crippen molar-refractivity contribution in [2.75, 3.05) is 5.32 Å². The summed E-state index contributed by atoms with van der Waals surface area (Å²) in [5.74, 6) is 0.0933. The van der Waals surface area contributed by atoms with Crippen molar-refractivity contribution in [1.82, 2.24) is 9.97 Å². The van der Waals surface area contributed by atoms with Crippen LogP contribution in [0.1, 0.15) is 12.0 Å². The van der Waals surface area contributed by atoms with Crippen molar-refractivity contribution in [2.24, 2.45) is 0 Å². The Morgan fingerprint density at radius 1 is 1.14 bits per heavy atom. The summed E-state index contributed by atoms with van der Waals surface area (Å²) in [6.07, 6.45) is 4.89. The zero-order valence-corrected chi connectivity index (χ0v) is 13.5. The summed E-state index contributed by atoms with van der Waals surface area (Å²) in [6, 6.07) is 8.04. The summed E-state index contributed by atoms with van der Waals surface area (Å²) >= 11 is 1.63. The normalized spacial score (nSPS) is 13.4. The van der Waals surface area contributed by atoms with Gasteiger partial charge in [0.15, 0.2) is 0 Å². The van der Waals surface area contributed by atoms with E-state index in [4.69, 9.17) is 0 Å². The van der Waals surface area contributed by atoms with Crippen LogP contribution in [0.25, 0.3) is 20.8 Å². The van der Waals surface area contributed by atoms with Crippen LogP contribution in [0.3, 0.4) is 0 Å². The van der Waals surface area contributed by atoms with E-state index in [1.165, 1.54) is 5.56 Å². The van der Waals surface area contributed by atoms with Crippen molar-refractivity contribution in [3.05, 3.63) is 42.2 Å². The van der Waals surface area contributed by atoms with Crippen molar-refractivity contribution < 1.29 is 4.79 Å². The molecule has 4 nitrogen and oxygen atoms in total. The van der Waals surface area contributed by atoms with Gasteiger partial charge in [0.05, 0.1) is 10.2 Å². The van der Waals surface area contributed by atoms with E-state index in [0.29, 0.717) is 6.42 Å². The topological polar surface area (TPSA) is 54.9 Å². The zero-order chi connectivity index (χ0) is 13.5. The Hall–Kier alpha value is -1.79. The SMILES string of the molecule is Br.O=C1CCc2cc3nc(-c4ccncc4)sc3cc2N1. The van der Waals surface area contributed by atoms with Gasteiger partial charge < -0.3 is 5.32 Å². The van der Waals surface area contributed by atoms with E-state index < -0.39 is 0 Å². The van der Waals surface area contributed by atoms with Crippen LogP contribution in [-0.2, 0) is 11.2 Å². The fourth-order valence-corrected chi connectivity index (χ4v) is 3.41. The summed E-state index contributed by atoms with van der Waals surface area (Å²) in [5, 5.41) is 3.91. The molecule has 3 aromatic rings. The molecule has 0 saturated heterocycles. The van der Waals surface area contributed by atoms with Crippen molar-refractivity contribution >= 4 is 50.1 Å². The molecule has 106 valence electrons. The van der Waals surface area contributed by atoms with Gasteiger partial charge in [-0.2, -0.15) is 0 Å². The van der Waals surface area contributed by atoms with E-state index in [1.54, 1.807) is 23.7 Å². The first kappa shape index (κ1) is 14.2. The maximum atomic E-state index is 11.5. The molecule has 0 aliphatic carbocycles. The number of carbonyl (C=O) groups is 1. The molecule has 1 aliphatic rings. The van der Waals surface area contributed by atoms with Crippen LogP contribution in [0.15, 0.2) is 36.7 Å². The fraction of sp³-hybridized carbons (Fsp3) is 0.133. The number of carbonyl (C=O) groups excluding carboxylic acids is 1. The van der Waals surface area contributed by atoms with E-state index in [2.05, 4.69) is 21.4 Å². The van der Waals surface area contributed by atoms with Crippen molar-refractivity contribution in [3.63, 3.8) is 0 Å². The van der Waals surface area contributed by atoms with Gasteiger partial charge in [-0.3, -0.25) is 9.78 Å².